The lowest BCUT2D eigenvalue weighted by molar-refractivity contribution is 0.337. The Balaban J connectivity index is 2.18. The van der Waals surface area contributed by atoms with Crippen molar-refractivity contribution < 1.29 is 0 Å². The van der Waals surface area contributed by atoms with E-state index in [0.717, 1.165) is 19.5 Å². The van der Waals surface area contributed by atoms with Crippen molar-refractivity contribution in [3.63, 3.8) is 0 Å². The molecule has 2 heteroatoms. The summed E-state index contributed by atoms with van der Waals surface area (Å²) in [6.45, 7) is 11.3. The van der Waals surface area contributed by atoms with Crippen molar-refractivity contribution in [3.05, 3.63) is 29.8 Å². The van der Waals surface area contributed by atoms with Gasteiger partial charge in [0.2, 0.25) is 0 Å². The first-order valence-corrected chi connectivity index (χ1v) is 7.20. The van der Waals surface area contributed by atoms with E-state index >= 15 is 0 Å². The lowest BCUT2D eigenvalue weighted by Crippen LogP contribution is -2.57. The van der Waals surface area contributed by atoms with Crippen LogP contribution in [0, 0.1) is 5.92 Å². The van der Waals surface area contributed by atoms with E-state index in [1.54, 1.807) is 0 Å². The fourth-order valence-electron chi connectivity index (χ4n) is 2.65. The van der Waals surface area contributed by atoms with Gasteiger partial charge in [0.05, 0.1) is 0 Å². The third-order valence-electron chi connectivity index (χ3n) is 4.06. The van der Waals surface area contributed by atoms with E-state index in [-0.39, 0.29) is 0 Å². The standard InChI is InChI=1S/C16H26N2/c1-5-14-7-6-8-15(9-14)18-11-16(12(2)3)17-10-13(18)4/h6-9,12-13,16-17H,5,10-11H2,1-4H3. The van der Waals surface area contributed by atoms with Gasteiger partial charge in [0.1, 0.15) is 0 Å². The van der Waals surface area contributed by atoms with Crippen LogP contribution in [-0.4, -0.2) is 25.2 Å². The molecule has 1 fully saturated rings. The van der Waals surface area contributed by atoms with E-state index in [1.807, 2.05) is 0 Å². The van der Waals surface area contributed by atoms with Gasteiger partial charge < -0.3 is 10.2 Å². The Morgan fingerprint density at radius 2 is 2.17 bits per heavy atom. The minimum absolute atomic E-state index is 0.576. The molecule has 0 bridgehead atoms. The van der Waals surface area contributed by atoms with Crippen LogP contribution in [0.3, 0.4) is 0 Å². The lowest BCUT2D eigenvalue weighted by Gasteiger charge is -2.42. The first-order chi connectivity index (χ1) is 8.61. The van der Waals surface area contributed by atoms with Crippen LogP contribution in [0.25, 0.3) is 0 Å². The van der Waals surface area contributed by atoms with Gasteiger partial charge in [-0.2, -0.15) is 0 Å². The molecule has 0 aromatic heterocycles. The van der Waals surface area contributed by atoms with Crippen molar-refractivity contribution in [1.29, 1.82) is 0 Å². The molecule has 0 radical (unpaired) electrons. The summed E-state index contributed by atoms with van der Waals surface area (Å²) in [6, 6.07) is 10.2. The SMILES string of the molecule is CCc1cccc(N2CC(C(C)C)NCC2C)c1. The molecular formula is C16H26N2. The quantitative estimate of drug-likeness (QED) is 0.882. The predicted molar refractivity (Wildman–Crippen MR) is 79.3 cm³/mol. The summed E-state index contributed by atoms with van der Waals surface area (Å²) in [5.74, 6) is 0.689. The Labute approximate surface area is 111 Å². The summed E-state index contributed by atoms with van der Waals surface area (Å²) < 4.78 is 0. The number of piperazine rings is 1. The maximum absolute atomic E-state index is 3.65. The van der Waals surface area contributed by atoms with E-state index < -0.39 is 0 Å². The Morgan fingerprint density at radius 3 is 2.83 bits per heavy atom. The maximum atomic E-state index is 3.65. The van der Waals surface area contributed by atoms with Crippen LogP contribution in [0.4, 0.5) is 5.69 Å². The minimum Gasteiger partial charge on any atom is -0.366 e. The molecular weight excluding hydrogens is 220 g/mol. The lowest BCUT2D eigenvalue weighted by atomic mass is 9.99. The largest absolute Gasteiger partial charge is 0.366 e. The van der Waals surface area contributed by atoms with Crippen LogP contribution in [0.5, 0.6) is 0 Å². The monoisotopic (exact) mass is 246 g/mol. The van der Waals surface area contributed by atoms with Gasteiger partial charge in [-0.1, -0.05) is 32.9 Å². The predicted octanol–water partition coefficient (Wildman–Crippen LogP) is 3.07. The zero-order valence-electron chi connectivity index (χ0n) is 12.1. The van der Waals surface area contributed by atoms with E-state index in [9.17, 15) is 0 Å². The van der Waals surface area contributed by atoms with Gasteiger partial charge in [0.25, 0.3) is 0 Å². The van der Waals surface area contributed by atoms with Gasteiger partial charge in [-0.25, -0.2) is 0 Å². The topological polar surface area (TPSA) is 15.3 Å². The summed E-state index contributed by atoms with van der Waals surface area (Å²) in [5.41, 5.74) is 2.81. The zero-order valence-corrected chi connectivity index (χ0v) is 12.1. The second-order valence-electron chi connectivity index (χ2n) is 5.78. The van der Waals surface area contributed by atoms with Crippen LogP contribution in [0.2, 0.25) is 0 Å². The number of nitrogens with one attached hydrogen (secondary N) is 1. The van der Waals surface area contributed by atoms with Crippen molar-refractivity contribution in [2.24, 2.45) is 5.92 Å². The third kappa shape index (κ3) is 2.86. The number of benzene rings is 1. The zero-order chi connectivity index (χ0) is 13.1. The summed E-state index contributed by atoms with van der Waals surface area (Å²) in [5, 5.41) is 3.65. The van der Waals surface area contributed by atoms with Gasteiger partial charge >= 0.3 is 0 Å². The first-order valence-electron chi connectivity index (χ1n) is 7.20. The van der Waals surface area contributed by atoms with E-state index in [2.05, 4.69) is 62.2 Å². The highest BCUT2D eigenvalue weighted by atomic mass is 15.2. The molecule has 1 aromatic rings. The minimum atomic E-state index is 0.576. The van der Waals surface area contributed by atoms with Crippen molar-refractivity contribution >= 4 is 5.69 Å². The fraction of sp³-hybridized carbons (Fsp3) is 0.625. The summed E-state index contributed by atoms with van der Waals surface area (Å²) in [6.07, 6.45) is 1.11. The highest BCUT2D eigenvalue weighted by Crippen LogP contribution is 2.23. The smallest absolute Gasteiger partial charge is 0.0387 e. The molecule has 1 heterocycles. The Morgan fingerprint density at radius 1 is 1.39 bits per heavy atom. The highest BCUT2D eigenvalue weighted by Gasteiger charge is 2.26. The molecule has 1 saturated heterocycles. The molecule has 1 N–H and O–H groups in total. The third-order valence-corrected chi connectivity index (χ3v) is 4.06. The number of anilines is 1. The Bertz CT molecular complexity index is 386. The number of aryl methyl sites for hydroxylation is 1. The molecule has 0 saturated carbocycles. The molecule has 2 unspecified atom stereocenters. The molecule has 0 amide bonds. The van der Waals surface area contributed by atoms with Gasteiger partial charge in [-0.3, -0.25) is 0 Å². The molecule has 2 rings (SSSR count). The summed E-state index contributed by atoms with van der Waals surface area (Å²) in [7, 11) is 0. The molecule has 1 aliphatic heterocycles. The number of hydrogen-bond acceptors (Lipinski definition) is 2. The number of nitrogens with zero attached hydrogens (tertiary/aromatic N) is 1. The van der Waals surface area contributed by atoms with Crippen LogP contribution in [-0.2, 0) is 6.42 Å². The normalized spacial score (nSPS) is 24.6. The Hall–Kier alpha value is -1.02. The molecule has 0 aliphatic carbocycles. The van der Waals surface area contributed by atoms with Crippen molar-refractivity contribution in [2.45, 2.75) is 46.2 Å². The highest BCUT2D eigenvalue weighted by molar-refractivity contribution is 5.50. The molecule has 100 valence electrons. The van der Waals surface area contributed by atoms with Crippen molar-refractivity contribution in [3.8, 4) is 0 Å². The molecule has 1 aliphatic rings. The molecule has 2 nitrogen and oxygen atoms in total. The Kier molecular flexibility index (Phi) is 4.28. The first kappa shape index (κ1) is 13.4. The van der Waals surface area contributed by atoms with Gasteiger partial charge in [0.15, 0.2) is 0 Å². The second-order valence-corrected chi connectivity index (χ2v) is 5.78. The van der Waals surface area contributed by atoms with Crippen LogP contribution in [0.15, 0.2) is 24.3 Å². The molecule has 2 atom stereocenters. The summed E-state index contributed by atoms with van der Waals surface area (Å²) in [4.78, 5) is 2.56. The fourth-order valence-corrected chi connectivity index (χ4v) is 2.65. The van der Waals surface area contributed by atoms with Crippen LogP contribution in [0.1, 0.15) is 33.3 Å². The van der Waals surface area contributed by atoms with Gasteiger partial charge in [-0.15, -0.1) is 0 Å². The van der Waals surface area contributed by atoms with Gasteiger partial charge in [0, 0.05) is 30.9 Å². The van der Waals surface area contributed by atoms with Crippen molar-refractivity contribution in [1.82, 2.24) is 5.32 Å². The average Bonchev–Trinajstić information content (AvgIpc) is 2.39. The summed E-state index contributed by atoms with van der Waals surface area (Å²) >= 11 is 0. The van der Waals surface area contributed by atoms with Gasteiger partial charge in [-0.05, 0) is 37.0 Å². The average molecular weight is 246 g/mol. The second kappa shape index (κ2) is 5.75. The van der Waals surface area contributed by atoms with E-state index in [0.29, 0.717) is 18.0 Å². The molecule has 0 spiro atoms. The van der Waals surface area contributed by atoms with Crippen molar-refractivity contribution in [2.75, 3.05) is 18.0 Å². The number of rotatable bonds is 3. The molecule has 18 heavy (non-hydrogen) atoms. The van der Waals surface area contributed by atoms with E-state index in [1.165, 1.54) is 11.3 Å². The van der Waals surface area contributed by atoms with Crippen LogP contribution >= 0.6 is 0 Å². The maximum Gasteiger partial charge on any atom is 0.0387 e. The van der Waals surface area contributed by atoms with E-state index in [4.69, 9.17) is 0 Å². The molecule has 1 aromatic carbocycles. The number of hydrogen-bond donors (Lipinski definition) is 1. The van der Waals surface area contributed by atoms with Crippen LogP contribution < -0.4 is 10.2 Å².